The maximum atomic E-state index is 9.67. The van der Waals surface area contributed by atoms with E-state index in [-0.39, 0.29) is 0 Å². The monoisotopic (exact) mass is 208 g/mol. The highest BCUT2D eigenvalue weighted by Crippen LogP contribution is 2.30. The lowest BCUT2D eigenvalue weighted by Crippen LogP contribution is -2.22. The second-order valence-electron chi connectivity index (χ2n) is 3.74. The predicted molar refractivity (Wildman–Crippen MR) is 66.0 cm³/mol. The quantitative estimate of drug-likeness (QED) is 0.822. The lowest BCUT2D eigenvalue weighted by Gasteiger charge is -2.23. The van der Waals surface area contributed by atoms with Gasteiger partial charge in [-0.25, -0.2) is 0 Å². The van der Waals surface area contributed by atoms with Gasteiger partial charge in [0.25, 0.3) is 0 Å². The Balaban J connectivity index is 3.06. The van der Waals surface area contributed by atoms with Crippen LogP contribution in [-0.2, 0) is 0 Å². The first-order chi connectivity index (χ1) is 7.10. The molecule has 0 radical (unpaired) electrons. The van der Waals surface area contributed by atoms with Crippen LogP contribution in [0.4, 0.5) is 11.4 Å². The third-order valence-corrected chi connectivity index (χ3v) is 2.57. The summed E-state index contributed by atoms with van der Waals surface area (Å²) in [4.78, 5) is 4.18. The molecule has 0 spiro atoms. The van der Waals surface area contributed by atoms with Gasteiger partial charge in [-0.3, -0.25) is 0 Å². The summed E-state index contributed by atoms with van der Waals surface area (Å²) in [6.07, 6.45) is 0. The number of hydrogen-bond acceptors (Lipinski definition) is 3. The molecule has 0 bridgehead atoms. The highest BCUT2D eigenvalue weighted by molar-refractivity contribution is 5.65. The van der Waals surface area contributed by atoms with Gasteiger partial charge >= 0.3 is 0 Å². The number of anilines is 2. The molecule has 0 unspecified atom stereocenters. The SMILES string of the molecule is CCN(CC)c1ccc(O)c(N(C)C)c1. The topological polar surface area (TPSA) is 26.7 Å². The lowest BCUT2D eigenvalue weighted by atomic mass is 10.2. The van der Waals surface area contributed by atoms with Crippen molar-refractivity contribution < 1.29 is 5.11 Å². The Morgan fingerprint density at radius 3 is 2.20 bits per heavy atom. The van der Waals surface area contributed by atoms with E-state index in [0.717, 1.165) is 24.5 Å². The fraction of sp³-hybridized carbons (Fsp3) is 0.500. The van der Waals surface area contributed by atoms with Crippen molar-refractivity contribution in [3.05, 3.63) is 18.2 Å². The second kappa shape index (κ2) is 4.91. The van der Waals surface area contributed by atoms with Gasteiger partial charge in [-0.15, -0.1) is 0 Å². The molecule has 1 N–H and O–H groups in total. The van der Waals surface area contributed by atoms with Crippen molar-refractivity contribution in [2.45, 2.75) is 13.8 Å². The zero-order chi connectivity index (χ0) is 11.4. The van der Waals surface area contributed by atoms with Crippen LogP contribution in [0, 0.1) is 0 Å². The van der Waals surface area contributed by atoms with Crippen LogP contribution in [0.3, 0.4) is 0 Å². The Labute approximate surface area is 91.9 Å². The predicted octanol–water partition coefficient (Wildman–Crippen LogP) is 2.30. The van der Waals surface area contributed by atoms with Crippen molar-refractivity contribution in [3.8, 4) is 5.75 Å². The Morgan fingerprint density at radius 1 is 1.13 bits per heavy atom. The van der Waals surface area contributed by atoms with Gasteiger partial charge in [0.15, 0.2) is 0 Å². The Hall–Kier alpha value is -1.38. The highest BCUT2D eigenvalue weighted by atomic mass is 16.3. The minimum absolute atomic E-state index is 0.330. The van der Waals surface area contributed by atoms with Crippen molar-refractivity contribution in [1.82, 2.24) is 0 Å². The van der Waals surface area contributed by atoms with Crippen molar-refractivity contribution in [2.24, 2.45) is 0 Å². The molecule has 84 valence electrons. The molecule has 0 saturated heterocycles. The molecule has 0 atom stereocenters. The number of nitrogens with zero attached hydrogens (tertiary/aromatic N) is 2. The minimum Gasteiger partial charge on any atom is -0.506 e. The Morgan fingerprint density at radius 2 is 1.73 bits per heavy atom. The van der Waals surface area contributed by atoms with E-state index >= 15 is 0 Å². The van der Waals surface area contributed by atoms with Crippen LogP contribution in [0.2, 0.25) is 0 Å². The lowest BCUT2D eigenvalue weighted by molar-refractivity contribution is 0.475. The molecule has 15 heavy (non-hydrogen) atoms. The third-order valence-electron chi connectivity index (χ3n) is 2.57. The van der Waals surface area contributed by atoms with Crippen LogP contribution in [0.5, 0.6) is 5.75 Å². The standard InChI is InChI=1S/C12H20N2O/c1-5-14(6-2)10-7-8-12(15)11(9-10)13(3)4/h7-9,15H,5-6H2,1-4H3. The van der Waals surface area contributed by atoms with E-state index in [1.165, 1.54) is 0 Å². The normalized spacial score (nSPS) is 10.1. The highest BCUT2D eigenvalue weighted by Gasteiger charge is 2.07. The van der Waals surface area contributed by atoms with E-state index in [1.807, 2.05) is 31.1 Å². The smallest absolute Gasteiger partial charge is 0.139 e. The molecule has 1 rings (SSSR count). The maximum Gasteiger partial charge on any atom is 0.139 e. The van der Waals surface area contributed by atoms with Crippen LogP contribution < -0.4 is 9.80 Å². The molecule has 0 aromatic heterocycles. The summed E-state index contributed by atoms with van der Waals surface area (Å²) in [6, 6.07) is 5.72. The largest absolute Gasteiger partial charge is 0.506 e. The van der Waals surface area contributed by atoms with E-state index < -0.39 is 0 Å². The first-order valence-corrected chi connectivity index (χ1v) is 5.35. The first kappa shape index (κ1) is 11.7. The molecule has 0 saturated carbocycles. The van der Waals surface area contributed by atoms with E-state index in [1.54, 1.807) is 6.07 Å². The summed E-state index contributed by atoms with van der Waals surface area (Å²) in [5.41, 5.74) is 2.01. The fourth-order valence-corrected chi connectivity index (χ4v) is 1.66. The van der Waals surface area contributed by atoms with Gasteiger partial charge < -0.3 is 14.9 Å². The summed E-state index contributed by atoms with van der Waals surface area (Å²) in [7, 11) is 3.86. The number of rotatable bonds is 4. The van der Waals surface area contributed by atoms with E-state index in [9.17, 15) is 5.11 Å². The average molecular weight is 208 g/mol. The number of benzene rings is 1. The molecule has 3 nitrogen and oxygen atoms in total. The molecule has 0 aliphatic heterocycles. The van der Waals surface area contributed by atoms with Crippen molar-refractivity contribution in [3.63, 3.8) is 0 Å². The van der Waals surface area contributed by atoms with Crippen LogP contribution >= 0.6 is 0 Å². The Kier molecular flexibility index (Phi) is 3.83. The maximum absolute atomic E-state index is 9.67. The van der Waals surface area contributed by atoms with Crippen LogP contribution in [-0.4, -0.2) is 32.3 Å². The van der Waals surface area contributed by atoms with E-state index in [4.69, 9.17) is 0 Å². The van der Waals surface area contributed by atoms with Gasteiger partial charge in [-0.2, -0.15) is 0 Å². The molecule has 0 heterocycles. The van der Waals surface area contributed by atoms with E-state index in [0.29, 0.717) is 5.75 Å². The zero-order valence-electron chi connectivity index (χ0n) is 9.99. The summed E-state index contributed by atoms with van der Waals surface area (Å²) in [6.45, 7) is 6.22. The molecule has 3 heteroatoms. The number of phenols is 1. The van der Waals surface area contributed by atoms with Gasteiger partial charge in [0.1, 0.15) is 5.75 Å². The first-order valence-electron chi connectivity index (χ1n) is 5.35. The minimum atomic E-state index is 0.330. The summed E-state index contributed by atoms with van der Waals surface area (Å²) in [5, 5.41) is 9.67. The molecule has 0 amide bonds. The second-order valence-corrected chi connectivity index (χ2v) is 3.74. The van der Waals surface area contributed by atoms with Gasteiger partial charge in [0.2, 0.25) is 0 Å². The number of hydrogen-bond donors (Lipinski definition) is 1. The molecule has 0 fully saturated rings. The van der Waals surface area contributed by atoms with Crippen LogP contribution in [0.15, 0.2) is 18.2 Å². The number of aromatic hydroxyl groups is 1. The van der Waals surface area contributed by atoms with Crippen molar-refractivity contribution in [1.29, 1.82) is 0 Å². The van der Waals surface area contributed by atoms with Gasteiger partial charge in [0, 0.05) is 32.9 Å². The van der Waals surface area contributed by atoms with Gasteiger partial charge in [0.05, 0.1) is 5.69 Å². The average Bonchev–Trinajstić information content (AvgIpc) is 2.21. The van der Waals surface area contributed by atoms with Gasteiger partial charge in [-0.1, -0.05) is 0 Å². The zero-order valence-corrected chi connectivity index (χ0v) is 9.99. The molecule has 0 aliphatic rings. The van der Waals surface area contributed by atoms with Crippen LogP contribution in [0.1, 0.15) is 13.8 Å². The van der Waals surface area contributed by atoms with Crippen LogP contribution in [0.25, 0.3) is 0 Å². The molecule has 1 aromatic carbocycles. The number of phenolic OH excluding ortho intramolecular Hbond substituents is 1. The Bertz CT molecular complexity index is 319. The summed E-state index contributed by atoms with van der Waals surface area (Å²) >= 11 is 0. The van der Waals surface area contributed by atoms with E-state index in [2.05, 4.69) is 18.7 Å². The fourth-order valence-electron chi connectivity index (χ4n) is 1.66. The van der Waals surface area contributed by atoms with Gasteiger partial charge in [-0.05, 0) is 32.0 Å². The molecular formula is C12H20N2O. The summed E-state index contributed by atoms with van der Waals surface area (Å²) in [5.74, 6) is 0.330. The molecule has 1 aromatic rings. The third kappa shape index (κ3) is 2.55. The van der Waals surface area contributed by atoms with Crippen molar-refractivity contribution >= 4 is 11.4 Å². The van der Waals surface area contributed by atoms with Crippen molar-refractivity contribution in [2.75, 3.05) is 37.0 Å². The molecule has 0 aliphatic carbocycles. The summed E-state index contributed by atoms with van der Waals surface area (Å²) < 4.78 is 0. The molecular weight excluding hydrogens is 188 g/mol.